The lowest BCUT2D eigenvalue weighted by Gasteiger charge is -2.10. The molecule has 0 amide bonds. The number of rotatable bonds is 5. The van der Waals surface area contributed by atoms with E-state index >= 15 is 0 Å². The van der Waals surface area contributed by atoms with Crippen LogP contribution in [0.3, 0.4) is 0 Å². The van der Waals surface area contributed by atoms with Crippen molar-refractivity contribution in [2.24, 2.45) is 5.92 Å². The van der Waals surface area contributed by atoms with Crippen molar-refractivity contribution in [3.05, 3.63) is 22.9 Å². The Hall–Kier alpha value is -0.620. The van der Waals surface area contributed by atoms with E-state index in [9.17, 15) is 8.42 Å². The quantitative estimate of drug-likeness (QED) is 0.909. The Balaban J connectivity index is 2.70. The van der Waals surface area contributed by atoms with E-state index in [1.165, 1.54) is 0 Å². The molecule has 0 atom stereocenters. The molecule has 4 nitrogen and oxygen atoms in total. The Bertz CT molecular complexity index is 446. The molecule has 0 saturated carbocycles. The molecule has 1 aromatic rings. The van der Waals surface area contributed by atoms with E-state index in [1.807, 2.05) is 13.8 Å². The summed E-state index contributed by atoms with van der Waals surface area (Å²) in [6.45, 7) is 4.00. The van der Waals surface area contributed by atoms with E-state index in [2.05, 4.69) is 25.6 Å². The highest BCUT2D eigenvalue weighted by molar-refractivity contribution is 9.10. The molecular formula is C10H15BrN2O2S. The van der Waals surface area contributed by atoms with E-state index in [4.69, 9.17) is 0 Å². The van der Waals surface area contributed by atoms with Crippen molar-refractivity contribution in [3.8, 4) is 0 Å². The molecule has 0 fully saturated rings. The molecular weight excluding hydrogens is 292 g/mol. The molecule has 0 saturated heterocycles. The highest BCUT2D eigenvalue weighted by Gasteiger charge is 2.12. The molecule has 90 valence electrons. The van der Waals surface area contributed by atoms with E-state index in [-0.39, 0.29) is 5.75 Å². The third-order valence-electron chi connectivity index (χ3n) is 2.00. The van der Waals surface area contributed by atoms with Gasteiger partial charge >= 0.3 is 0 Å². The molecule has 0 spiro atoms. The minimum absolute atomic E-state index is 0.138. The van der Waals surface area contributed by atoms with Crippen molar-refractivity contribution in [2.45, 2.75) is 20.3 Å². The lowest BCUT2D eigenvalue weighted by Crippen LogP contribution is -2.18. The monoisotopic (exact) mass is 306 g/mol. The number of aromatic nitrogens is 1. The molecule has 0 bridgehead atoms. The lowest BCUT2D eigenvalue weighted by molar-refractivity contribution is 0.578. The fraction of sp³-hybridized carbons (Fsp3) is 0.500. The maximum absolute atomic E-state index is 11.7. The van der Waals surface area contributed by atoms with Gasteiger partial charge < -0.3 is 0 Å². The van der Waals surface area contributed by atoms with Crippen LogP contribution in [0.4, 0.5) is 5.69 Å². The SMILES string of the molecule is CC(C)CCS(=O)(=O)Nc1ccncc1Br. The maximum atomic E-state index is 11.7. The van der Waals surface area contributed by atoms with Crippen LogP contribution in [0.1, 0.15) is 20.3 Å². The minimum atomic E-state index is -3.26. The first-order valence-corrected chi connectivity index (χ1v) is 7.45. The summed E-state index contributed by atoms with van der Waals surface area (Å²) < 4.78 is 26.6. The number of hydrogen-bond acceptors (Lipinski definition) is 3. The summed E-state index contributed by atoms with van der Waals surface area (Å²) in [5.74, 6) is 0.511. The highest BCUT2D eigenvalue weighted by Crippen LogP contribution is 2.21. The van der Waals surface area contributed by atoms with Crippen molar-refractivity contribution >= 4 is 31.6 Å². The lowest BCUT2D eigenvalue weighted by atomic mass is 10.2. The summed E-state index contributed by atoms with van der Waals surface area (Å²) in [5, 5.41) is 0. The standard InChI is InChI=1S/C10H15BrN2O2S/c1-8(2)4-6-16(14,15)13-10-3-5-12-7-9(10)11/h3,5,7-8H,4,6H2,1-2H3,(H,12,13). The number of sulfonamides is 1. The van der Waals surface area contributed by atoms with Gasteiger partial charge in [0.1, 0.15) is 0 Å². The summed E-state index contributed by atoms with van der Waals surface area (Å²) in [6.07, 6.45) is 3.75. The molecule has 0 aromatic carbocycles. The number of anilines is 1. The zero-order valence-electron chi connectivity index (χ0n) is 9.27. The Kier molecular flexibility index (Phi) is 4.73. The molecule has 16 heavy (non-hydrogen) atoms. The smallest absolute Gasteiger partial charge is 0.232 e. The second-order valence-electron chi connectivity index (χ2n) is 3.96. The van der Waals surface area contributed by atoms with Gasteiger partial charge in [0.05, 0.1) is 15.9 Å². The van der Waals surface area contributed by atoms with Crippen molar-refractivity contribution in [1.29, 1.82) is 0 Å². The average molecular weight is 307 g/mol. The molecule has 0 radical (unpaired) electrons. The van der Waals surface area contributed by atoms with Gasteiger partial charge in [-0.15, -0.1) is 0 Å². The van der Waals surface area contributed by atoms with E-state index < -0.39 is 10.0 Å². The van der Waals surface area contributed by atoms with Gasteiger partial charge in [-0.3, -0.25) is 9.71 Å². The molecule has 1 rings (SSSR count). The van der Waals surface area contributed by atoms with Gasteiger partial charge in [0.2, 0.25) is 10.0 Å². The van der Waals surface area contributed by atoms with Crippen LogP contribution in [0.5, 0.6) is 0 Å². The average Bonchev–Trinajstić information content (AvgIpc) is 2.19. The molecule has 0 aliphatic rings. The fourth-order valence-electron chi connectivity index (χ4n) is 1.07. The molecule has 1 aromatic heterocycles. The van der Waals surface area contributed by atoms with Crippen LogP contribution >= 0.6 is 15.9 Å². The minimum Gasteiger partial charge on any atom is -0.282 e. The summed E-state index contributed by atoms with van der Waals surface area (Å²) in [5.41, 5.74) is 0.527. The second-order valence-corrected chi connectivity index (χ2v) is 6.66. The van der Waals surface area contributed by atoms with Gasteiger partial charge in [-0.2, -0.15) is 0 Å². The molecule has 0 aliphatic carbocycles. The van der Waals surface area contributed by atoms with Crippen LogP contribution in [0.15, 0.2) is 22.9 Å². The van der Waals surface area contributed by atoms with Crippen molar-refractivity contribution in [2.75, 3.05) is 10.5 Å². The Morgan fingerprint density at radius 2 is 2.19 bits per heavy atom. The summed E-state index contributed by atoms with van der Waals surface area (Å²) in [4.78, 5) is 3.87. The van der Waals surface area contributed by atoms with Crippen molar-refractivity contribution in [3.63, 3.8) is 0 Å². The third-order valence-corrected chi connectivity index (χ3v) is 3.94. The number of hydrogen-bond donors (Lipinski definition) is 1. The number of halogens is 1. The van der Waals surface area contributed by atoms with Gasteiger partial charge in [0.25, 0.3) is 0 Å². The number of nitrogens with one attached hydrogen (secondary N) is 1. The van der Waals surface area contributed by atoms with Gasteiger partial charge in [-0.05, 0) is 34.3 Å². The summed E-state index contributed by atoms with van der Waals surface area (Å²) in [7, 11) is -3.26. The topological polar surface area (TPSA) is 59.1 Å². The van der Waals surface area contributed by atoms with Gasteiger partial charge in [0.15, 0.2) is 0 Å². The van der Waals surface area contributed by atoms with Gasteiger partial charge in [0, 0.05) is 12.4 Å². The highest BCUT2D eigenvalue weighted by atomic mass is 79.9. The van der Waals surface area contributed by atoms with Crippen LogP contribution in [0.2, 0.25) is 0 Å². The van der Waals surface area contributed by atoms with E-state index in [0.29, 0.717) is 22.5 Å². The van der Waals surface area contributed by atoms with E-state index in [0.717, 1.165) is 0 Å². The molecule has 1 N–H and O–H groups in total. The van der Waals surface area contributed by atoms with Gasteiger partial charge in [-0.1, -0.05) is 13.8 Å². The Labute approximate surface area is 105 Å². The third kappa shape index (κ3) is 4.49. The zero-order valence-corrected chi connectivity index (χ0v) is 11.7. The van der Waals surface area contributed by atoms with Crippen molar-refractivity contribution < 1.29 is 8.42 Å². The van der Waals surface area contributed by atoms with E-state index in [1.54, 1.807) is 18.5 Å². The first-order chi connectivity index (χ1) is 7.41. The van der Waals surface area contributed by atoms with Crippen LogP contribution in [0, 0.1) is 5.92 Å². The predicted octanol–water partition coefficient (Wildman–Crippen LogP) is 2.63. The number of pyridine rings is 1. The van der Waals surface area contributed by atoms with Crippen LogP contribution in [-0.4, -0.2) is 19.2 Å². The predicted molar refractivity (Wildman–Crippen MR) is 68.8 cm³/mol. The molecule has 0 aliphatic heterocycles. The number of nitrogens with zero attached hydrogens (tertiary/aromatic N) is 1. The first kappa shape index (κ1) is 13.4. The molecule has 6 heteroatoms. The molecule has 1 heterocycles. The Morgan fingerprint density at radius 3 is 2.75 bits per heavy atom. The second kappa shape index (κ2) is 5.63. The van der Waals surface area contributed by atoms with Crippen LogP contribution in [-0.2, 0) is 10.0 Å². The maximum Gasteiger partial charge on any atom is 0.232 e. The summed E-state index contributed by atoms with van der Waals surface area (Å²) in [6, 6.07) is 1.62. The summed E-state index contributed by atoms with van der Waals surface area (Å²) >= 11 is 3.24. The molecule has 0 unspecified atom stereocenters. The first-order valence-electron chi connectivity index (χ1n) is 5.01. The van der Waals surface area contributed by atoms with Crippen LogP contribution < -0.4 is 4.72 Å². The fourth-order valence-corrected chi connectivity index (χ4v) is 2.94. The normalized spacial score (nSPS) is 11.8. The Morgan fingerprint density at radius 1 is 1.50 bits per heavy atom. The van der Waals surface area contributed by atoms with Crippen LogP contribution in [0.25, 0.3) is 0 Å². The van der Waals surface area contributed by atoms with Crippen molar-refractivity contribution in [1.82, 2.24) is 4.98 Å². The van der Waals surface area contributed by atoms with Gasteiger partial charge in [-0.25, -0.2) is 8.42 Å². The largest absolute Gasteiger partial charge is 0.282 e. The zero-order chi connectivity index (χ0) is 12.2.